The van der Waals surface area contributed by atoms with Crippen LogP contribution in [0.3, 0.4) is 0 Å². The molecule has 1 saturated heterocycles. The molecule has 188 valence electrons. The molecule has 0 radical (unpaired) electrons. The van der Waals surface area contributed by atoms with Gasteiger partial charge in [-0.15, -0.1) is 0 Å². The van der Waals surface area contributed by atoms with Gasteiger partial charge >= 0.3 is 5.69 Å². The third kappa shape index (κ3) is 4.42. The number of nitrogens with one attached hydrogen (secondary N) is 1. The van der Waals surface area contributed by atoms with E-state index in [1.807, 2.05) is 42.5 Å². The van der Waals surface area contributed by atoms with Crippen LogP contribution in [0.2, 0.25) is 0 Å². The van der Waals surface area contributed by atoms with Gasteiger partial charge in [0.05, 0.1) is 24.2 Å². The van der Waals surface area contributed by atoms with E-state index < -0.39 is 5.69 Å². The summed E-state index contributed by atoms with van der Waals surface area (Å²) in [5.74, 6) is 0.298. The summed E-state index contributed by atoms with van der Waals surface area (Å²) in [5.41, 5.74) is 1.72. The Kier molecular flexibility index (Phi) is 6.65. The van der Waals surface area contributed by atoms with E-state index in [-0.39, 0.29) is 30.7 Å². The van der Waals surface area contributed by atoms with Crippen LogP contribution < -0.4 is 21.3 Å². The molecule has 0 saturated carbocycles. The third-order valence-corrected chi connectivity index (χ3v) is 6.88. The molecule has 2 aromatic heterocycles. The third-order valence-electron chi connectivity index (χ3n) is 6.88. The standard InChI is InChI=1S/C27H30N4O5/c1-29-22-11-10-19(35-2)15-21(22)24-25(29)26(33)30(13-12-18-7-4-3-5-8-18)27(34)31(24)17-23(32)28-16-20-9-6-14-36-20/h3-5,7-8,10-11,15,20H,6,9,12-14,16-17H2,1-2H3,(H,28,32). The zero-order chi connectivity index (χ0) is 25.2. The normalized spacial score (nSPS) is 15.6. The van der Waals surface area contributed by atoms with E-state index in [2.05, 4.69) is 5.32 Å². The van der Waals surface area contributed by atoms with Gasteiger partial charge in [0.15, 0.2) is 0 Å². The lowest BCUT2D eigenvalue weighted by atomic mass is 10.1. The Labute approximate surface area is 207 Å². The van der Waals surface area contributed by atoms with Crippen molar-refractivity contribution < 1.29 is 14.3 Å². The molecule has 0 aliphatic carbocycles. The number of rotatable bonds is 8. The highest BCUT2D eigenvalue weighted by Crippen LogP contribution is 2.29. The van der Waals surface area contributed by atoms with Crippen LogP contribution >= 0.6 is 0 Å². The zero-order valence-electron chi connectivity index (χ0n) is 20.5. The van der Waals surface area contributed by atoms with Crippen LogP contribution in [0.1, 0.15) is 18.4 Å². The summed E-state index contributed by atoms with van der Waals surface area (Å²) >= 11 is 0. The first-order valence-corrected chi connectivity index (χ1v) is 12.2. The maximum atomic E-state index is 13.7. The van der Waals surface area contributed by atoms with Crippen LogP contribution in [0.4, 0.5) is 0 Å². The van der Waals surface area contributed by atoms with Gasteiger partial charge in [0.25, 0.3) is 5.56 Å². The average Bonchev–Trinajstić information content (AvgIpc) is 3.52. The lowest BCUT2D eigenvalue weighted by molar-refractivity contribution is -0.122. The highest BCUT2D eigenvalue weighted by atomic mass is 16.5. The van der Waals surface area contributed by atoms with Crippen molar-refractivity contribution in [2.24, 2.45) is 7.05 Å². The molecule has 36 heavy (non-hydrogen) atoms. The van der Waals surface area contributed by atoms with Crippen molar-refractivity contribution in [1.82, 2.24) is 19.0 Å². The first-order chi connectivity index (χ1) is 17.5. The smallest absolute Gasteiger partial charge is 0.332 e. The molecule has 4 aromatic rings. The summed E-state index contributed by atoms with van der Waals surface area (Å²) in [6.07, 6.45) is 2.39. The van der Waals surface area contributed by atoms with Gasteiger partial charge < -0.3 is 19.4 Å². The first-order valence-electron chi connectivity index (χ1n) is 12.2. The number of carbonyl (C=O) groups is 1. The van der Waals surface area contributed by atoms with Gasteiger partial charge in [-0.05, 0) is 43.0 Å². The van der Waals surface area contributed by atoms with Crippen LogP contribution in [-0.2, 0) is 36.1 Å². The Balaban J connectivity index is 1.61. The summed E-state index contributed by atoms with van der Waals surface area (Å²) in [5, 5.41) is 3.58. The van der Waals surface area contributed by atoms with Crippen LogP contribution in [0.15, 0.2) is 58.1 Å². The maximum absolute atomic E-state index is 13.7. The number of hydrogen-bond donors (Lipinski definition) is 1. The number of aryl methyl sites for hydroxylation is 2. The molecule has 1 N–H and O–H groups in total. The predicted octanol–water partition coefficient (Wildman–Crippen LogP) is 2.20. The van der Waals surface area contributed by atoms with E-state index in [1.54, 1.807) is 24.8 Å². The molecule has 9 nitrogen and oxygen atoms in total. The Bertz CT molecular complexity index is 1530. The van der Waals surface area contributed by atoms with Crippen molar-refractivity contribution in [3.8, 4) is 5.75 Å². The van der Waals surface area contributed by atoms with Gasteiger partial charge in [0, 0.05) is 32.1 Å². The minimum absolute atomic E-state index is 0.00710. The summed E-state index contributed by atoms with van der Waals surface area (Å²) < 4.78 is 15.4. The van der Waals surface area contributed by atoms with Crippen LogP contribution in [0.5, 0.6) is 5.75 Å². The topological polar surface area (TPSA) is 96.5 Å². The number of methoxy groups -OCH3 is 1. The number of fused-ring (bicyclic) bond motifs is 3. The molecule has 1 aliphatic rings. The van der Waals surface area contributed by atoms with E-state index >= 15 is 0 Å². The minimum atomic E-state index is -0.508. The number of amides is 1. The minimum Gasteiger partial charge on any atom is -0.497 e. The van der Waals surface area contributed by atoms with Gasteiger partial charge in [-0.3, -0.25) is 18.7 Å². The molecule has 0 spiro atoms. The molecule has 2 aromatic carbocycles. The number of hydrogen-bond acceptors (Lipinski definition) is 5. The number of benzene rings is 2. The molecule has 0 bridgehead atoms. The Morgan fingerprint density at radius 2 is 1.92 bits per heavy atom. The fraction of sp³-hybridized carbons (Fsp3) is 0.370. The lowest BCUT2D eigenvalue weighted by Crippen LogP contribution is -2.44. The van der Waals surface area contributed by atoms with Gasteiger partial charge in [0.1, 0.15) is 17.8 Å². The van der Waals surface area contributed by atoms with Gasteiger partial charge in [-0.2, -0.15) is 0 Å². The molecule has 3 heterocycles. The second kappa shape index (κ2) is 10.0. The summed E-state index contributed by atoms with van der Waals surface area (Å²) in [4.78, 5) is 40.3. The Morgan fingerprint density at radius 3 is 2.64 bits per heavy atom. The Morgan fingerprint density at radius 1 is 1.11 bits per heavy atom. The molecule has 1 unspecified atom stereocenters. The Hall–Kier alpha value is -3.85. The van der Waals surface area contributed by atoms with E-state index in [0.29, 0.717) is 41.7 Å². The largest absolute Gasteiger partial charge is 0.497 e. The van der Waals surface area contributed by atoms with Crippen molar-refractivity contribution >= 4 is 27.8 Å². The molecule has 1 fully saturated rings. The molecule has 9 heteroatoms. The summed E-state index contributed by atoms with van der Waals surface area (Å²) in [6.45, 7) is 1.10. The van der Waals surface area contributed by atoms with Crippen LogP contribution in [0.25, 0.3) is 21.9 Å². The second-order valence-corrected chi connectivity index (χ2v) is 9.14. The van der Waals surface area contributed by atoms with Crippen molar-refractivity contribution in [3.63, 3.8) is 0 Å². The van der Waals surface area contributed by atoms with E-state index in [0.717, 1.165) is 23.9 Å². The molecular weight excluding hydrogens is 460 g/mol. The maximum Gasteiger partial charge on any atom is 0.332 e. The van der Waals surface area contributed by atoms with E-state index in [4.69, 9.17) is 9.47 Å². The van der Waals surface area contributed by atoms with Gasteiger partial charge in [-0.1, -0.05) is 30.3 Å². The second-order valence-electron chi connectivity index (χ2n) is 9.14. The van der Waals surface area contributed by atoms with E-state index in [1.165, 1.54) is 9.13 Å². The highest BCUT2D eigenvalue weighted by molar-refractivity contribution is 6.06. The van der Waals surface area contributed by atoms with Crippen molar-refractivity contribution in [1.29, 1.82) is 0 Å². The van der Waals surface area contributed by atoms with Crippen molar-refractivity contribution in [3.05, 3.63) is 74.9 Å². The number of aromatic nitrogens is 3. The number of ether oxygens (including phenoxy) is 2. The molecule has 1 atom stereocenters. The number of nitrogens with zero attached hydrogens (tertiary/aromatic N) is 3. The van der Waals surface area contributed by atoms with E-state index in [9.17, 15) is 14.4 Å². The van der Waals surface area contributed by atoms with Crippen molar-refractivity contribution in [2.45, 2.75) is 38.5 Å². The molecule has 1 amide bonds. The summed E-state index contributed by atoms with van der Waals surface area (Å²) in [7, 11) is 3.36. The number of carbonyl (C=O) groups excluding carboxylic acids is 1. The summed E-state index contributed by atoms with van der Waals surface area (Å²) in [6, 6.07) is 15.2. The SMILES string of the molecule is COc1ccc2c(c1)c1c(c(=O)n(CCc3ccccc3)c(=O)n1CC(=O)NCC1CCCO1)n2C. The molecule has 1 aliphatic heterocycles. The molecule has 5 rings (SSSR count). The fourth-order valence-electron chi connectivity index (χ4n) is 4.97. The average molecular weight is 491 g/mol. The van der Waals surface area contributed by atoms with Crippen molar-refractivity contribution in [2.75, 3.05) is 20.3 Å². The first kappa shape index (κ1) is 23.9. The monoisotopic (exact) mass is 490 g/mol. The lowest BCUT2D eigenvalue weighted by Gasteiger charge is -2.15. The fourth-order valence-corrected chi connectivity index (χ4v) is 4.97. The van der Waals surface area contributed by atoms with Gasteiger partial charge in [0.2, 0.25) is 5.91 Å². The van der Waals surface area contributed by atoms with Crippen LogP contribution in [-0.4, -0.2) is 46.0 Å². The molecular formula is C27H30N4O5. The quantitative estimate of drug-likeness (QED) is 0.409. The predicted molar refractivity (Wildman–Crippen MR) is 138 cm³/mol. The van der Waals surface area contributed by atoms with Crippen LogP contribution in [0, 0.1) is 0 Å². The highest BCUT2D eigenvalue weighted by Gasteiger charge is 2.23. The van der Waals surface area contributed by atoms with Gasteiger partial charge in [-0.25, -0.2) is 4.79 Å². The zero-order valence-corrected chi connectivity index (χ0v) is 20.5.